The highest BCUT2D eigenvalue weighted by molar-refractivity contribution is 5.60. The predicted molar refractivity (Wildman–Crippen MR) is 96.2 cm³/mol. The Morgan fingerprint density at radius 3 is 2.54 bits per heavy atom. The summed E-state index contributed by atoms with van der Waals surface area (Å²) in [5.74, 6) is 0.215. The molecule has 0 saturated heterocycles. The van der Waals surface area contributed by atoms with Gasteiger partial charge in [-0.2, -0.15) is 0 Å². The van der Waals surface area contributed by atoms with E-state index in [9.17, 15) is 4.39 Å². The summed E-state index contributed by atoms with van der Waals surface area (Å²) in [5, 5.41) is 3.33. The van der Waals surface area contributed by atoms with Crippen LogP contribution in [0.3, 0.4) is 0 Å². The van der Waals surface area contributed by atoms with Crippen LogP contribution in [-0.2, 0) is 11.3 Å². The zero-order valence-electron chi connectivity index (χ0n) is 15.1. The van der Waals surface area contributed by atoms with Crippen molar-refractivity contribution in [3.63, 3.8) is 0 Å². The molecule has 0 aliphatic rings. The van der Waals surface area contributed by atoms with Crippen molar-refractivity contribution in [2.45, 2.75) is 46.4 Å². The molecule has 0 amide bonds. The Hall–Kier alpha value is -1.78. The zero-order chi connectivity index (χ0) is 17.7. The van der Waals surface area contributed by atoms with Gasteiger partial charge < -0.3 is 10.1 Å². The highest BCUT2D eigenvalue weighted by Gasteiger charge is 2.12. The molecule has 1 heterocycles. The summed E-state index contributed by atoms with van der Waals surface area (Å²) in [5.41, 5.74) is 3.27. The van der Waals surface area contributed by atoms with Gasteiger partial charge >= 0.3 is 0 Å². The monoisotopic (exact) mass is 330 g/mol. The summed E-state index contributed by atoms with van der Waals surface area (Å²) in [4.78, 5) is 4.52. The van der Waals surface area contributed by atoms with Gasteiger partial charge in [0.2, 0.25) is 0 Å². The summed E-state index contributed by atoms with van der Waals surface area (Å²) < 4.78 is 19.4. The minimum atomic E-state index is -0.274. The topological polar surface area (TPSA) is 34.1 Å². The van der Waals surface area contributed by atoms with Crippen molar-refractivity contribution in [2.75, 3.05) is 7.11 Å². The molecule has 24 heavy (non-hydrogen) atoms. The van der Waals surface area contributed by atoms with Gasteiger partial charge in [0.1, 0.15) is 5.82 Å². The molecule has 0 saturated carbocycles. The van der Waals surface area contributed by atoms with Crippen LogP contribution in [0.1, 0.15) is 45.1 Å². The number of rotatable bonds is 7. The summed E-state index contributed by atoms with van der Waals surface area (Å²) in [7, 11) is 1.69. The molecular weight excluding hydrogens is 303 g/mol. The lowest BCUT2D eigenvalue weighted by Crippen LogP contribution is -2.30. The molecule has 2 aromatic rings. The van der Waals surface area contributed by atoms with Gasteiger partial charge in [0.05, 0.1) is 17.5 Å². The summed E-state index contributed by atoms with van der Waals surface area (Å²) in [6.45, 7) is 8.80. The van der Waals surface area contributed by atoms with Gasteiger partial charge in [0, 0.05) is 25.3 Å². The smallest absolute Gasteiger partial charge is 0.146 e. The van der Waals surface area contributed by atoms with Gasteiger partial charge in [0.15, 0.2) is 0 Å². The fourth-order valence-electron chi connectivity index (χ4n) is 2.35. The molecule has 3 nitrogen and oxygen atoms in total. The van der Waals surface area contributed by atoms with E-state index in [1.165, 1.54) is 6.07 Å². The summed E-state index contributed by atoms with van der Waals surface area (Å²) in [6.07, 6.45) is 0.0124. The fourth-order valence-corrected chi connectivity index (χ4v) is 2.35. The van der Waals surface area contributed by atoms with E-state index in [0.717, 1.165) is 16.8 Å². The third-order valence-electron chi connectivity index (χ3n) is 4.52. The number of ether oxygens (including phenoxy) is 1. The predicted octanol–water partition coefficient (Wildman–Crippen LogP) is 4.73. The number of nitrogens with zero attached hydrogens (tertiary/aromatic N) is 1. The van der Waals surface area contributed by atoms with Gasteiger partial charge in [-0.05, 0) is 43.5 Å². The molecule has 1 unspecified atom stereocenters. The third-order valence-corrected chi connectivity index (χ3v) is 4.52. The Kier molecular flexibility index (Phi) is 6.46. The molecule has 2 rings (SSSR count). The van der Waals surface area contributed by atoms with E-state index in [4.69, 9.17) is 4.74 Å². The number of hydrogen-bond donors (Lipinski definition) is 1. The first-order chi connectivity index (χ1) is 11.4. The number of halogens is 1. The van der Waals surface area contributed by atoms with Crippen LogP contribution >= 0.6 is 0 Å². The quantitative estimate of drug-likeness (QED) is 0.797. The molecule has 1 N–H and O–H groups in total. The largest absolute Gasteiger partial charge is 0.377 e. The molecule has 1 aromatic heterocycles. The SMILES string of the molecule is COC(C)c1cccc(-c2ccc(F)c(CN[C@H](C)C(C)C)n2)c1. The highest BCUT2D eigenvalue weighted by Crippen LogP contribution is 2.24. The minimum Gasteiger partial charge on any atom is -0.377 e. The second-order valence-corrected chi connectivity index (χ2v) is 6.54. The van der Waals surface area contributed by atoms with Crippen molar-refractivity contribution in [1.82, 2.24) is 10.3 Å². The van der Waals surface area contributed by atoms with Crippen molar-refractivity contribution in [3.05, 3.63) is 53.5 Å². The van der Waals surface area contributed by atoms with E-state index >= 15 is 0 Å². The van der Waals surface area contributed by atoms with Crippen LogP contribution in [-0.4, -0.2) is 18.1 Å². The summed E-state index contributed by atoms with van der Waals surface area (Å²) >= 11 is 0. The first kappa shape index (κ1) is 18.6. The molecule has 130 valence electrons. The molecule has 4 heteroatoms. The summed E-state index contributed by atoms with van der Waals surface area (Å²) in [6, 6.07) is 11.5. The molecular formula is C20H27FN2O. The number of benzene rings is 1. The Morgan fingerprint density at radius 1 is 1.12 bits per heavy atom. The maximum Gasteiger partial charge on any atom is 0.146 e. The van der Waals surface area contributed by atoms with Crippen LogP contribution in [0.15, 0.2) is 36.4 Å². The number of methoxy groups -OCH3 is 1. The van der Waals surface area contributed by atoms with Gasteiger partial charge in [-0.1, -0.05) is 32.0 Å². The number of aromatic nitrogens is 1. The van der Waals surface area contributed by atoms with Crippen molar-refractivity contribution in [1.29, 1.82) is 0 Å². The minimum absolute atomic E-state index is 0.0124. The Labute approximate surface area is 144 Å². The zero-order valence-corrected chi connectivity index (χ0v) is 15.1. The Morgan fingerprint density at radius 2 is 1.88 bits per heavy atom. The standard InChI is InChI=1S/C20H27FN2O/c1-13(2)14(3)22-12-20-18(21)9-10-19(23-20)17-8-6-7-16(11-17)15(4)24-5/h6-11,13-15,22H,12H2,1-5H3/t14-,15?/m1/s1. The average molecular weight is 330 g/mol. The first-order valence-electron chi connectivity index (χ1n) is 8.44. The lowest BCUT2D eigenvalue weighted by atomic mass is 10.0. The van der Waals surface area contributed by atoms with Crippen LogP contribution in [0.4, 0.5) is 4.39 Å². The van der Waals surface area contributed by atoms with Crippen molar-refractivity contribution >= 4 is 0 Å². The van der Waals surface area contributed by atoms with Crippen LogP contribution < -0.4 is 5.32 Å². The maximum atomic E-state index is 14.1. The first-order valence-corrected chi connectivity index (χ1v) is 8.44. The van der Waals surface area contributed by atoms with Gasteiger partial charge in [-0.15, -0.1) is 0 Å². The lowest BCUT2D eigenvalue weighted by molar-refractivity contribution is 0.119. The Bertz CT molecular complexity index is 672. The van der Waals surface area contributed by atoms with E-state index in [1.54, 1.807) is 13.2 Å². The van der Waals surface area contributed by atoms with E-state index in [1.807, 2.05) is 31.2 Å². The number of nitrogens with one attached hydrogen (secondary N) is 1. The second-order valence-electron chi connectivity index (χ2n) is 6.54. The molecule has 0 aliphatic carbocycles. The van der Waals surface area contributed by atoms with Gasteiger partial charge in [-0.3, -0.25) is 0 Å². The van der Waals surface area contributed by atoms with E-state index in [2.05, 4.69) is 31.1 Å². The fraction of sp³-hybridized carbons (Fsp3) is 0.450. The van der Waals surface area contributed by atoms with Gasteiger partial charge in [-0.25, -0.2) is 9.37 Å². The van der Waals surface area contributed by atoms with Crippen molar-refractivity contribution in [3.8, 4) is 11.3 Å². The van der Waals surface area contributed by atoms with Crippen LogP contribution in [0, 0.1) is 11.7 Å². The average Bonchev–Trinajstić information content (AvgIpc) is 2.60. The maximum absolute atomic E-state index is 14.1. The van der Waals surface area contributed by atoms with Crippen LogP contribution in [0.5, 0.6) is 0 Å². The number of hydrogen-bond acceptors (Lipinski definition) is 3. The molecule has 0 aliphatic heterocycles. The Balaban J connectivity index is 2.24. The normalized spacial score (nSPS) is 14.0. The molecule has 0 bridgehead atoms. The van der Waals surface area contributed by atoms with Crippen molar-refractivity contribution < 1.29 is 9.13 Å². The third kappa shape index (κ3) is 4.62. The lowest BCUT2D eigenvalue weighted by Gasteiger charge is -2.17. The van der Waals surface area contributed by atoms with Crippen LogP contribution in [0.2, 0.25) is 0 Å². The molecule has 0 fully saturated rings. The van der Waals surface area contributed by atoms with E-state index in [-0.39, 0.29) is 11.9 Å². The van der Waals surface area contributed by atoms with E-state index in [0.29, 0.717) is 24.2 Å². The molecule has 2 atom stereocenters. The van der Waals surface area contributed by atoms with E-state index < -0.39 is 0 Å². The van der Waals surface area contributed by atoms with Gasteiger partial charge in [0.25, 0.3) is 0 Å². The molecule has 0 spiro atoms. The molecule has 0 radical (unpaired) electrons. The highest BCUT2D eigenvalue weighted by atomic mass is 19.1. The molecule has 1 aromatic carbocycles. The second kappa shape index (κ2) is 8.36. The van der Waals surface area contributed by atoms with Crippen LogP contribution in [0.25, 0.3) is 11.3 Å². The number of pyridine rings is 1. The van der Waals surface area contributed by atoms with Crippen molar-refractivity contribution in [2.24, 2.45) is 5.92 Å².